The Morgan fingerprint density at radius 3 is 2.26 bits per heavy atom. The molecule has 0 amide bonds. The summed E-state index contributed by atoms with van der Waals surface area (Å²) < 4.78 is 5.39. The predicted molar refractivity (Wildman–Crippen MR) is 109 cm³/mol. The van der Waals surface area contributed by atoms with Crippen LogP contribution in [0.15, 0.2) is 77.1 Å². The maximum absolute atomic E-state index is 12.3. The summed E-state index contributed by atoms with van der Waals surface area (Å²) in [7, 11) is 0. The van der Waals surface area contributed by atoms with Crippen molar-refractivity contribution in [1.82, 2.24) is 0 Å². The zero-order valence-electron chi connectivity index (χ0n) is 15.0. The van der Waals surface area contributed by atoms with Crippen molar-refractivity contribution in [2.24, 2.45) is 0 Å². The topological polar surface area (TPSA) is 60.4 Å². The highest BCUT2D eigenvalue weighted by Crippen LogP contribution is 2.27. The van der Waals surface area contributed by atoms with Gasteiger partial charge >= 0.3 is 5.97 Å². The van der Waals surface area contributed by atoms with Crippen molar-refractivity contribution in [3.05, 3.63) is 78.4 Å². The third-order valence-corrected chi connectivity index (χ3v) is 5.47. The molecule has 0 bridgehead atoms. The maximum atomic E-state index is 12.3. The minimum atomic E-state index is -0.500. The molecule has 2 aromatic rings. The zero-order valence-corrected chi connectivity index (χ0v) is 16.6. The van der Waals surface area contributed by atoms with Crippen molar-refractivity contribution in [3.63, 3.8) is 0 Å². The third kappa shape index (κ3) is 5.98. The standard InChI is InChI=1S/C21H18O4S2/c1-5-19(22)27-18-11-8-16(12-14(18)4)25-20(23)15-6-9-17(10-7-15)26-21(24)13(2)3/h5-12H,1-2H2,3-4H3. The summed E-state index contributed by atoms with van der Waals surface area (Å²) in [5.74, 6) is -0.108. The summed E-state index contributed by atoms with van der Waals surface area (Å²) >= 11 is 2.13. The number of rotatable bonds is 6. The first kappa shape index (κ1) is 20.7. The van der Waals surface area contributed by atoms with Crippen LogP contribution in [0.3, 0.4) is 0 Å². The fraction of sp³-hybridized carbons (Fsp3) is 0.0952. The molecule has 0 atom stereocenters. The van der Waals surface area contributed by atoms with Crippen molar-refractivity contribution < 1.29 is 19.1 Å². The normalized spacial score (nSPS) is 10.1. The number of ether oxygens (including phenoxy) is 1. The number of esters is 1. The van der Waals surface area contributed by atoms with E-state index in [-0.39, 0.29) is 10.2 Å². The van der Waals surface area contributed by atoms with E-state index >= 15 is 0 Å². The lowest BCUT2D eigenvalue weighted by atomic mass is 10.2. The Kier molecular flexibility index (Phi) is 7.21. The molecule has 2 aromatic carbocycles. The van der Waals surface area contributed by atoms with Crippen LogP contribution in [0, 0.1) is 6.92 Å². The summed E-state index contributed by atoms with van der Waals surface area (Å²) in [6.45, 7) is 10.5. The molecule has 0 saturated heterocycles. The number of hydrogen-bond donors (Lipinski definition) is 0. The van der Waals surface area contributed by atoms with E-state index in [0.29, 0.717) is 16.9 Å². The zero-order chi connectivity index (χ0) is 20.0. The first-order valence-corrected chi connectivity index (χ1v) is 9.58. The predicted octanol–water partition coefficient (Wildman–Crippen LogP) is 5.21. The molecule has 27 heavy (non-hydrogen) atoms. The molecular weight excluding hydrogens is 380 g/mol. The average Bonchev–Trinajstić information content (AvgIpc) is 2.64. The molecule has 2 rings (SSSR count). The molecular formula is C21H18O4S2. The Morgan fingerprint density at radius 1 is 1.04 bits per heavy atom. The van der Waals surface area contributed by atoms with E-state index in [2.05, 4.69) is 13.2 Å². The van der Waals surface area contributed by atoms with E-state index in [0.717, 1.165) is 38.9 Å². The highest BCUT2D eigenvalue weighted by Gasteiger charge is 2.12. The molecule has 0 radical (unpaired) electrons. The summed E-state index contributed by atoms with van der Waals surface area (Å²) in [6.07, 6.45) is 1.25. The Bertz CT molecular complexity index is 914. The van der Waals surface area contributed by atoms with Gasteiger partial charge in [-0.2, -0.15) is 0 Å². The van der Waals surface area contributed by atoms with Crippen molar-refractivity contribution in [1.29, 1.82) is 0 Å². The van der Waals surface area contributed by atoms with E-state index < -0.39 is 5.97 Å². The van der Waals surface area contributed by atoms with Gasteiger partial charge in [0.15, 0.2) is 0 Å². The van der Waals surface area contributed by atoms with Crippen LogP contribution < -0.4 is 4.74 Å². The number of aryl methyl sites for hydroxylation is 1. The average molecular weight is 399 g/mol. The van der Waals surface area contributed by atoms with Gasteiger partial charge in [0, 0.05) is 9.79 Å². The van der Waals surface area contributed by atoms with Crippen LogP contribution in [0.1, 0.15) is 22.8 Å². The van der Waals surface area contributed by atoms with Gasteiger partial charge in [-0.25, -0.2) is 4.79 Å². The molecule has 0 spiro atoms. The number of benzene rings is 2. The van der Waals surface area contributed by atoms with Gasteiger partial charge in [-0.05, 0) is 97.0 Å². The minimum absolute atomic E-state index is 0.117. The van der Waals surface area contributed by atoms with Gasteiger partial charge in [0.2, 0.25) is 10.2 Å². The second-order valence-corrected chi connectivity index (χ2v) is 7.73. The second kappa shape index (κ2) is 9.39. The lowest BCUT2D eigenvalue weighted by Crippen LogP contribution is -2.08. The first-order chi connectivity index (χ1) is 12.8. The van der Waals surface area contributed by atoms with Crippen molar-refractivity contribution >= 4 is 39.7 Å². The van der Waals surface area contributed by atoms with Gasteiger partial charge < -0.3 is 4.74 Å². The van der Waals surface area contributed by atoms with E-state index in [9.17, 15) is 14.4 Å². The van der Waals surface area contributed by atoms with Gasteiger partial charge in [0.25, 0.3) is 0 Å². The quantitative estimate of drug-likeness (QED) is 0.288. The summed E-state index contributed by atoms with van der Waals surface area (Å²) in [5, 5.41) is -0.264. The van der Waals surface area contributed by atoms with Crippen LogP contribution in [0.25, 0.3) is 0 Å². The van der Waals surface area contributed by atoms with E-state index in [1.54, 1.807) is 49.4 Å². The monoisotopic (exact) mass is 398 g/mol. The SMILES string of the molecule is C=CC(=O)Sc1ccc(OC(=O)c2ccc(SC(=O)C(=C)C)cc2)cc1C. The number of carbonyl (C=O) groups is 3. The summed E-state index contributed by atoms with van der Waals surface area (Å²) in [4.78, 5) is 36.9. The lowest BCUT2D eigenvalue weighted by molar-refractivity contribution is -0.108. The van der Waals surface area contributed by atoms with Crippen LogP contribution in [-0.4, -0.2) is 16.2 Å². The van der Waals surface area contributed by atoms with Crippen molar-refractivity contribution in [2.45, 2.75) is 23.6 Å². The molecule has 0 fully saturated rings. The summed E-state index contributed by atoms with van der Waals surface area (Å²) in [5.41, 5.74) is 1.67. The molecule has 0 aliphatic carbocycles. The fourth-order valence-corrected chi connectivity index (χ4v) is 3.29. The van der Waals surface area contributed by atoms with E-state index in [4.69, 9.17) is 4.74 Å². The molecule has 0 aromatic heterocycles. The molecule has 138 valence electrons. The highest BCUT2D eigenvalue weighted by molar-refractivity contribution is 8.14. The summed E-state index contributed by atoms with van der Waals surface area (Å²) in [6, 6.07) is 11.7. The molecule has 6 heteroatoms. The van der Waals surface area contributed by atoms with Crippen LogP contribution >= 0.6 is 23.5 Å². The van der Waals surface area contributed by atoms with Crippen LogP contribution in [0.4, 0.5) is 0 Å². The van der Waals surface area contributed by atoms with Gasteiger partial charge in [-0.15, -0.1) is 0 Å². The highest BCUT2D eigenvalue weighted by atomic mass is 32.2. The van der Waals surface area contributed by atoms with Gasteiger partial charge in [-0.3, -0.25) is 9.59 Å². The molecule has 0 heterocycles. The van der Waals surface area contributed by atoms with Crippen LogP contribution in [0.5, 0.6) is 5.75 Å². The van der Waals surface area contributed by atoms with Crippen molar-refractivity contribution in [2.75, 3.05) is 0 Å². The maximum Gasteiger partial charge on any atom is 0.343 e. The third-order valence-electron chi connectivity index (χ3n) is 3.38. The van der Waals surface area contributed by atoms with E-state index in [1.165, 1.54) is 6.08 Å². The van der Waals surface area contributed by atoms with Gasteiger partial charge in [-0.1, -0.05) is 13.2 Å². The second-order valence-electron chi connectivity index (χ2n) is 5.64. The fourth-order valence-electron chi connectivity index (χ4n) is 1.97. The van der Waals surface area contributed by atoms with Crippen molar-refractivity contribution in [3.8, 4) is 5.75 Å². The minimum Gasteiger partial charge on any atom is -0.423 e. The number of hydrogen-bond acceptors (Lipinski definition) is 6. The smallest absolute Gasteiger partial charge is 0.343 e. The molecule has 0 unspecified atom stereocenters. The number of thioether (sulfide) groups is 2. The Hall–Kier alpha value is -2.57. The molecule has 0 aliphatic rings. The first-order valence-electron chi connectivity index (χ1n) is 7.95. The van der Waals surface area contributed by atoms with Crippen LogP contribution in [0.2, 0.25) is 0 Å². The Balaban J connectivity index is 2.05. The van der Waals surface area contributed by atoms with E-state index in [1.807, 2.05) is 6.92 Å². The number of carbonyl (C=O) groups excluding carboxylic acids is 3. The molecule has 0 N–H and O–H groups in total. The Labute approximate surface area is 166 Å². The molecule has 0 saturated carbocycles. The van der Waals surface area contributed by atoms with Gasteiger partial charge in [0.1, 0.15) is 5.75 Å². The van der Waals surface area contributed by atoms with Crippen LogP contribution in [-0.2, 0) is 9.59 Å². The Morgan fingerprint density at radius 2 is 1.70 bits per heavy atom. The lowest BCUT2D eigenvalue weighted by Gasteiger charge is -2.08. The molecule has 0 aliphatic heterocycles. The molecule has 4 nitrogen and oxygen atoms in total. The largest absolute Gasteiger partial charge is 0.423 e. The van der Waals surface area contributed by atoms with Gasteiger partial charge in [0.05, 0.1) is 5.56 Å².